The smallest absolute Gasteiger partial charge is 0.138 e. The van der Waals surface area contributed by atoms with E-state index in [2.05, 4.69) is 192 Å². The fourth-order valence-electron chi connectivity index (χ4n) is 8.71. The van der Waals surface area contributed by atoms with Gasteiger partial charge in [0.1, 0.15) is 22.7 Å². The predicted octanol–water partition coefficient (Wildman–Crippen LogP) is 9.81. The van der Waals surface area contributed by atoms with Gasteiger partial charge in [0.25, 0.3) is 0 Å². The number of hydrogen-bond acceptors (Lipinski definition) is 6. The molecule has 0 N–H and O–H groups in total. The van der Waals surface area contributed by atoms with Crippen molar-refractivity contribution in [2.24, 2.45) is 0 Å². The Morgan fingerprint density at radius 2 is 0.638 bits per heavy atom. The van der Waals surface area contributed by atoms with Crippen molar-refractivity contribution < 1.29 is 0 Å². The van der Waals surface area contributed by atoms with E-state index >= 15 is 0 Å². The molecule has 2 aliphatic rings. The number of aromatic nitrogens is 4. The van der Waals surface area contributed by atoms with Gasteiger partial charge < -0.3 is 0 Å². The van der Waals surface area contributed by atoms with Crippen LogP contribution in [0.2, 0.25) is 0 Å². The maximum absolute atomic E-state index is 5.59. The Bertz CT molecular complexity index is 2920. The van der Waals surface area contributed by atoms with E-state index < -0.39 is 15.8 Å². The molecule has 6 nitrogen and oxygen atoms in total. The van der Waals surface area contributed by atoms with Crippen LogP contribution in [0, 0.1) is 0 Å². The van der Waals surface area contributed by atoms with Gasteiger partial charge in [-0.3, -0.25) is 19.8 Å². The SMILES string of the molecule is c1ccc(P2c3ccccc3N(c3ccc4c5nccnc5c5ccc(N6c7ccccc7P(c7ccccc7)c7ccccc76)nc5c4n3)c3ccccc32)cc1. The van der Waals surface area contributed by atoms with E-state index in [0.29, 0.717) is 0 Å². The molecule has 0 radical (unpaired) electrons. The average molecular weight is 779 g/mol. The number of rotatable bonds is 4. The van der Waals surface area contributed by atoms with Crippen molar-refractivity contribution >= 4 is 115 Å². The van der Waals surface area contributed by atoms with Gasteiger partial charge in [-0.1, -0.05) is 133 Å². The molecule has 0 bridgehead atoms. The molecule has 3 aromatic heterocycles. The summed E-state index contributed by atoms with van der Waals surface area (Å²) in [5, 5.41) is 9.70. The van der Waals surface area contributed by atoms with E-state index in [1.54, 1.807) is 12.4 Å². The van der Waals surface area contributed by atoms with Crippen LogP contribution >= 0.6 is 15.8 Å². The first-order chi connectivity index (χ1) is 28.8. The lowest BCUT2D eigenvalue weighted by atomic mass is 10.1. The zero-order valence-electron chi connectivity index (χ0n) is 31.1. The topological polar surface area (TPSA) is 58.0 Å². The Morgan fingerprint density at radius 1 is 0.310 bits per heavy atom. The summed E-state index contributed by atoms with van der Waals surface area (Å²) in [4.78, 5) is 25.6. The number of fused-ring (bicyclic) bond motifs is 10. The van der Waals surface area contributed by atoms with E-state index in [0.717, 1.165) is 67.2 Å². The van der Waals surface area contributed by atoms with Crippen LogP contribution in [0.25, 0.3) is 32.8 Å². The molecule has 0 unspecified atom stereocenters. The molecule has 8 heteroatoms. The summed E-state index contributed by atoms with van der Waals surface area (Å²) in [6, 6.07) is 65.5. The summed E-state index contributed by atoms with van der Waals surface area (Å²) < 4.78 is 0. The van der Waals surface area contributed by atoms with Crippen LogP contribution in [0.15, 0.2) is 194 Å². The molecule has 0 fully saturated rings. The monoisotopic (exact) mass is 778 g/mol. The summed E-state index contributed by atoms with van der Waals surface area (Å²) in [6.45, 7) is 0. The minimum absolute atomic E-state index is 0.779. The first kappa shape index (κ1) is 33.3. The molecule has 0 atom stereocenters. The normalized spacial score (nSPS) is 13.7. The van der Waals surface area contributed by atoms with Crippen molar-refractivity contribution in [3.63, 3.8) is 0 Å². The highest BCUT2D eigenvalue weighted by molar-refractivity contribution is 7.81. The fourth-order valence-corrected chi connectivity index (χ4v) is 13.8. The summed E-state index contributed by atoms with van der Waals surface area (Å²) in [7, 11) is -1.56. The third-order valence-electron chi connectivity index (χ3n) is 11.1. The van der Waals surface area contributed by atoms with E-state index in [1.807, 2.05) is 0 Å². The van der Waals surface area contributed by atoms with Crippen LogP contribution in [-0.2, 0) is 0 Å². The lowest BCUT2D eigenvalue weighted by Crippen LogP contribution is -2.34. The molecular weight excluding hydrogens is 747 g/mol. The van der Waals surface area contributed by atoms with Gasteiger partial charge in [-0.15, -0.1) is 0 Å². The molecule has 5 heterocycles. The molecule has 7 aromatic carbocycles. The van der Waals surface area contributed by atoms with Crippen molar-refractivity contribution in [1.82, 2.24) is 19.9 Å². The summed E-state index contributed by atoms with van der Waals surface area (Å²) in [6.07, 6.45) is 3.53. The van der Waals surface area contributed by atoms with Gasteiger partial charge >= 0.3 is 0 Å². The van der Waals surface area contributed by atoms with E-state index in [-0.39, 0.29) is 0 Å². The highest BCUT2D eigenvalue weighted by atomic mass is 31.1. The molecule has 272 valence electrons. The Balaban J connectivity index is 1.09. The summed E-state index contributed by atoms with van der Waals surface area (Å²) in [5.74, 6) is 1.66. The van der Waals surface area contributed by atoms with Crippen molar-refractivity contribution in [3.8, 4) is 0 Å². The van der Waals surface area contributed by atoms with Gasteiger partial charge in [-0.25, -0.2) is 9.97 Å². The van der Waals surface area contributed by atoms with Crippen LogP contribution in [0.3, 0.4) is 0 Å². The van der Waals surface area contributed by atoms with Gasteiger partial charge in [-0.05, 0) is 75.0 Å². The van der Waals surface area contributed by atoms with Crippen LogP contribution < -0.4 is 41.6 Å². The Hall–Kier alpha value is -6.84. The van der Waals surface area contributed by atoms with E-state index in [9.17, 15) is 0 Å². The minimum atomic E-state index is -0.779. The molecule has 0 saturated heterocycles. The number of nitrogens with zero attached hydrogens (tertiary/aromatic N) is 6. The van der Waals surface area contributed by atoms with Crippen molar-refractivity contribution in [2.45, 2.75) is 0 Å². The third-order valence-corrected chi connectivity index (χ3v) is 16.2. The predicted molar refractivity (Wildman–Crippen MR) is 244 cm³/mol. The van der Waals surface area contributed by atoms with Crippen molar-refractivity contribution in [2.75, 3.05) is 9.80 Å². The lowest BCUT2D eigenvalue weighted by molar-refractivity contribution is 1.20. The highest BCUT2D eigenvalue weighted by Crippen LogP contribution is 2.50. The standard InChI is InChI=1S/C50H32N6P2/c1-3-15-33(16-4-1)57-41-23-11-7-19-37(41)55(38-20-8-12-24-42(38)57)45-29-27-35-47-48(52-32-31-51-47)36-28-30-46(54-50(36)49(35)53-45)56-39-21-9-13-25-43(39)58(34-17-5-2-6-18-34)44-26-14-10-22-40(44)56/h1-32H. The van der Waals surface area contributed by atoms with Crippen LogP contribution in [-0.4, -0.2) is 19.9 Å². The number of hydrogen-bond donors (Lipinski definition) is 0. The fraction of sp³-hybridized carbons (Fsp3) is 0. The lowest BCUT2D eigenvalue weighted by Gasteiger charge is -2.37. The second kappa shape index (κ2) is 13.4. The molecule has 0 spiro atoms. The summed E-state index contributed by atoms with van der Waals surface area (Å²) in [5.41, 5.74) is 7.75. The van der Waals surface area contributed by atoms with E-state index in [4.69, 9.17) is 19.9 Å². The van der Waals surface area contributed by atoms with Crippen molar-refractivity contribution in [3.05, 3.63) is 194 Å². The first-order valence-electron chi connectivity index (χ1n) is 19.3. The quantitative estimate of drug-likeness (QED) is 0.131. The summed E-state index contributed by atoms with van der Waals surface area (Å²) >= 11 is 0. The second-order valence-corrected chi connectivity index (χ2v) is 18.7. The van der Waals surface area contributed by atoms with Gasteiger partial charge in [0.15, 0.2) is 0 Å². The molecular formula is C50H32N6P2. The van der Waals surface area contributed by atoms with Crippen LogP contribution in [0.4, 0.5) is 34.4 Å². The highest BCUT2D eigenvalue weighted by Gasteiger charge is 2.34. The van der Waals surface area contributed by atoms with Crippen LogP contribution in [0.1, 0.15) is 0 Å². The maximum atomic E-state index is 5.59. The molecule has 0 amide bonds. The van der Waals surface area contributed by atoms with Gasteiger partial charge in [0.05, 0.1) is 33.8 Å². The molecule has 10 aromatic rings. The Labute approximate surface area is 337 Å². The van der Waals surface area contributed by atoms with Crippen LogP contribution in [0.5, 0.6) is 0 Å². The zero-order chi connectivity index (χ0) is 38.2. The molecule has 2 aliphatic heterocycles. The second-order valence-electron chi connectivity index (χ2n) is 14.4. The zero-order valence-corrected chi connectivity index (χ0v) is 32.8. The van der Waals surface area contributed by atoms with Gasteiger partial charge in [0, 0.05) is 44.4 Å². The largest absolute Gasteiger partial charge is 0.294 e. The Morgan fingerprint density at radius 3 is 1.00 bits per heavy atom. The molecule has 58 heavy (non-hydrogen) atoms. The average Bonchev–Trinajstić information content (AvgIpc) is 3.30. The molecule has 0 saturated carbocycles. The number of para-hydroxylation sites is 4. The minimum Gasteiger partial charge on any atom is -0.294 e. The third kappa shape index (κ3) is 5.06. The number of pyridine rings is 2. The maximum Gasteiger partial charge on any atom is 0.138 e. The first-order valence-corrected chi connectivity index (χ1v) is 22.0. The van der Waals surface area contributed by atoms with Crippen molar-refractivity contribution in [1.29, 1.82) is 0 Å². The molecule has 0 aliphatic carbocycles. The van der Waals surface area contributed by atoms with Gasteiger partial charge in [0.2, 0.25) is 0 Å². The Kier molecular flexibility index (Phi) is 7.69. The van der Waals surface area contributed by atoms with Gasteiger partial charge in [-0.2, -0.15) is 0 Å². The number of anilines is 6. The number of benzene rings is 7. The van der Waals surface area contributed by atoms with E-state index in [1.165, 1.54) is 31.8 Å². The molecule has 12 rings (SSSR count).